The molecule has 0 radical (unpaired) electrons. The number of aromatic nitrogens is 1. The molecule has 1 heterocycles. The molecule has 0 saturated heterocycles. The third-order valence-corrected chi connectivity index (χ3v) is 5.49. The van der Waals surface area contributed by atoms with Crippen molar-refractivity contribution in [2.75, 3.05) is 7.11 Å². The molecule has 0 unspecified atom stereocenters. The maximum absolute atomic E-state index is 12.1. The largest absolute Gasteiger partial charge is 0.496 e. The van der Waals surface area contributed by atoms with Crippen LogP contribution in [0.2, 0.25) is 0 Å². The molecular formula is C24H25N3O3. The smallest absolute Gasteiger partial charge is 0.407 e. The van der Waals surface area contributed by atoms with Crippen molar-refractivity contribution >= 4 is 17.0 Å². The first kappa shape index (κ1) is 19.8. The lowest BCUT2D eigenvalue weighted by Gasteiger charge is -2.16. The van der Waals surface area contributed by atoms with E-state index in [9.17, 15) is 10.1 Å². The molecule has 1 N–H and O–H groups in total. The molecule has 1 aromatic heterocycles. The van der Waals surface area contributed by atoms with E-state index in [-0.39, 0.29) is 12.1 Å². The Bertz CT molecular complexity index is 1140. The standard InChI is InChI=1S/C24H25N3O3/c1-15(2)30-24(28)26-18-11-20-19-10-16(13-25)8-9-21(19)27(22(20)12-18)14-17-6-4-5-7-23(17)29-3/h4-10,15,18H,11-12,14H2,1-3H3,(H,26,28)/t18-/m0/s1. The highest BCUT2D eigenvalue weighted by molar-refractivity contribution is 5.88. The average Bonchev–Trinajstić information content (AvgIpc) is 3.25. The van der Waals surface area contributed by atoms with Gasteiger partial charge in [0.2, 0.25) is 0 Å². The lowest BCUT2D eigenvalue weighted by Crippen LogP contribution is -2.37. The number of nitrogens with zero attached hydrogens (tertiary/aromatic N) is 2. The molecule has 3 aromatic rings. The number of ether oxygens (including phenoxy) is 2. The van der Waals surface area contributed by atoms with Gasteiger partial charge in [-0.3, -0.25) is 0 Å². The van der Waals surface area contributed by atoms with Gasteiger partial charge in [0.1, 0.15) is 5.75 Å². The molecule has 1 aliphatic carbocycles. The summed E-state index contributed by atoms with van der Waals surface area (Å²) in [6.45, 7) is 4.33. The van der Waals surface area contributed by atoms with Crippen LogP contribution >= 0.6 is 0 Å². The number of nitrogens with one attached hydrogen (secondary N) is 1. The molecule has 1 aliphatic rings. The molecule has 0 saturated carbocycles. The van der Waals surface area contributed by atoms with Crippen LogP contribution in [0.15, 0.2) is 42.5 Å². The van der Waals surface area contributed by atoms with Crippen molar-refractivity contribution in [2.45, 2.75) is 45.4 Å². The highest BCUT2D eigenvalue weighted by Gasteiger charge is 2.30. The van der Waals surface area contributed by atoms with Crippen LogP contribution in [0.4, 0.5) is 4.79 Å². The summed E-state index contributed by atoms with van der Waals surface area (Å²) in [5.41, 5.74) is 5.18. The third kappa shape index (κ3) is 3.71. The van der Waals surface area contributed by atoms with Gasteiger partial charge in [-0.2, -0.15) is 5.26 Å². The van der Waals surface area contributed by atoms with Crippen LogP contribution in [0.1, 0.15) is 36.2 Å². The Morgan fingerprint density at radius 2 is 2.07 bits per heavy atom. The predicted octanol–water partition coefficient (Wildman–Crippen LogP) is 4.17. The molecular weight excluding hydrogens is 378 g/mol. The van der Waals surface area contributed by atoms with Gasteiger partial charge in [-0.25, -0.2) is 4.79 Å². The quantitative estimate of drug-likeness (QED) is 0.694. The Balaban J connectivity index is 1.72. The first-order valence-corrected chi connectivity index (χ1v) is 10.1. The fraction of sp³-hybridized carbons (Fsp3) is 0.333. The van der Waals surface area contributed by atoms with Crippen LogP contribution < -0.4 is 10.1 Å². The van der Waals surface area contributed by atoms with Crippen LogP contribution in [0, 0.1) is 11.3 Å². The summed E-state index contributed by atoms with van der Waals surface area (Å²) in [5, 5.41) is 13.4. The summed E-state index contributed by atoms with van der Waals surface area (Å²) in [5.74, 6) is 0.843. The number of hydrogen-bond donors (Lipinski definition) is 1. The van der Waals surface area contributed by atoms with Crippen LogP contribution in [-0.2, 0) is 24.1 Å². The van der Waals surface area contributed by atoms with Crippen molar-refractivity contribution in [2.24, 2.45) is 0 Å². The summed E-state index contributed by atoms with van der Waals surface area (Å²) in [4.78, 5) is 12.1. The average molecular weight is 403 g/mol. The van der Waals surface area contributed by atoms with Gasteiger partial charge in [-0.1, -0.05) is 18.2 Å². The van der Waals surface area contributed by atoms with Crippen LogP contribution in [0.25, 0.3) is 10.9 Å². The molecule has 0 fully saturated rings. The van der Waals surface area contributed by atoms with E-state index in [1.54, 1.807) is 7.11 Å². The number of fused-ring (bicyclic) bond motifs is 3. The number of methoxy groups -OCH3 is 1. The van der Waals surface area contributed by atoms with E-state index in [0.29, 0.717) is 24.9 Å². The second-order valence-corrected chi connectivity index (χ2v) is 7.87. The fourth-order valence-electron chi connectivity index (χ4n) is 4.26. The molecule has 6 nitrogen and oxygen atoms in total. The minimum absolute atomic E-state index is 0.0275. The molecule has 2 aromatic carbocycles. The minimum Gasteiger partial charge on any atom is -0.496 e. The highest BCUT2D eigenvalue weighted by Crippen LogP contribution is 2.35. The fourth-order valence-corrected chi connectivity index (χ4v) is 4.26. The molecule has 1 atom stereocenters. The van der Waals surface area contributed by atoms with Crippen molar-refractivity contribution in [3.63, 3.8) is 0 Å². The van der Waals surface area contributed by atoms with E-state index < -0.39 is 6.09 Å². The SMILES string of the molecule is COc1ccccc1Cn1c2c(c3cc(C#N)ccc31)C[C@H](NC(=O)OC(C)C)C2. The number of hydrogen-bond acceptors (Lipinski definition) is 4. The van der Waals surface area contributed by atoms with E-state index in [4.69, 9.17) is 9.47 Å². The number of rotatable bonds is 5. The number of carbonyl (C=O) groups is 1. The topological polar surface area (TPSA) is 76.3 Å². The Morgan fingerprint density at radius 3 is 2.80 bits per heavy atom. The van der Waals surface area contributed by atoms with Crippen molar-refractivity contribution in [1.29, 1.82) is 5.26 Å². The molecule has 30 heavy (non-hydrogen) atoms. The van der Waals surface area contributed by atoms with Crippen LogP contribution in [-0.4, -0.2) is 29.9 Å². The summed E-state index contributed by atoms with van der Waals surface area (Å²) in [7, 11) is 1.68. The van der Waals surface area contributed by atoms with E-state index in [1.807, 2.05) is 50.2 Å². The lowest BCUT2D eigenvalue weighted by atomic mass is 10.1. The number of amides is 1. The normalized spacial score (nSPS) is 15.1. The number of alkyl carbamates (subject to hydrolysis) is 1. The molecule has 1 amide bonds. The van der Waals surface area contributed by atoms with Gasteiger partial charge >= 0.3 is 6.09 Å². The monoisotopic (exact) mass is 403 g/mol. The second-order valence-electron chi connectivity index (χ2n) is 7.87. The zero-order chi connectivity index (χ0) is 21.3. The van der Waals surface area contributed by atoms with E-state index >= 15 is 0 Å². The zero-order valence-corrected chi connectivity index (χ0v) is 17.4. The molecule has 0 spiro atoms. The Morgan fingerprint density at radius 1 is 1.27 bits per heavy atom. The molecule has 154 valence electrons. The number of carbonyl (C=O) groups excluding carboxylic acids is 1. The molecule has 6 heteroatoms. The van der Waals surface area contributed by atoms with E-state index in [0.717, 1.165) is 22.2 Å². The van der Waals surface area contributed by atoms with Gasteiger partial charge in [0.15, 0.2) is 0 Å². The minimum atomic E-state index is -0.390. The number of benzene rings is 2. The molecule has 0 bridgehead atoms. The third-order valence-electron chi connectivity index (χ3n) is 5.49. The lowest BCUT2D eigenvalue weighted by molar-refractivity contribution is 0.112. The highest BCUT2D eigenvalue weighted by atomic mass is 16.6. The van der Waals surface area contributed by atoms with Gasteiger partial charge in [0.25, 0.3) is 0 Å². The van der Waals surface area contributed by atoms with Crippen molar-refractivity contribution in [3.05, 3.63) is 64.8 Å². The van der Waals surface area contributed by atoms with Gasteiger partial charge in [0, 0.05) is 34.6 Å². The zero-order valence-electron chi connectivity index (χ0n) is 17.4. The second kappa shape index (κ2) is 8.11. The Kier molecular flexibility index (Phi) is 5.37. The number of para-hydroxylation sites is 1. The van der Waals surface area contributed by atoms with Gasteiger partial charge < -0.3 is 19.4 Å². The predicted molar refractivity (Wildman–Crippen MR) is 115 cm³/mol. The van der Waals surface area contributed by atoms with E-state index in [2.05, 4.69) is 22.0 Å². The number of nitriles is 1. The Labute approximate surface area is 176 Å². The summed E-state index contributed by atoms with van der Waals surface area (Å²) < 4.78 is 13.1. The molecule has 0 aliphatic heterocycles. The van der Waals surface area contributed by atoms with Gasteiger partial charge in [-0.15, -0.1) is 0 Å². The first-order chi connectivity index (χ1) is 14.5. The van der Waals surface area contributed by atoms with Crippen molar-refractivity contribution in [3.8, 4) is 11.8 Å². The van der Waals surface area contributed by atoms with E-state index in [1.165, 1.54) is 11.3 Å². The Hall–Kier alpha value is -3.46. The summed E-state index contributed by atoms with van der Waals surface area (Å²) in [6, 6.07) is 16.0. The summed E-state index contributed by atoms with van der Waals surface area (Å²) >= 11 is 0. The van der Waals surface area contributed by atoms with Crippen molar-refractivity contribution < 1.29 is 14.3 Å². The first-order valence-electron chi connectivity index (χ1n) is 10.1. The molecule has 4 rings (SSSR count). The van der Waals surface area contributed by atoms with Crippen molar-refractivity contribution in [1.82, 2.24) is 9.88 Å². The summed E-state index contributed by atoms with van der Waals surface area (Å²) in [6.07, 6.45) is 0.881. The maximum Gasteiger partial charge on any atom is 0.407 e. The maximum atomic E-state index is 12.1. The van der Waals surface area contributed by atoms with Gasteiger partial charge in [0.05, 0.1) is 31.4 Å². The van der Waals surface area contributed by atoms with Crippen LogP contribution in [0.3, 0.4) is 0 Å². The van der Waals surface area contributed by atoms with Gasteiger partial charge in [-0.05, 0) is 50.1 Å². The van der Waals surface area contributed by atoms with Crippen LogP contribution in [0.5, 0.6) is 5.75 Å².